The van der Waals surface area contributed by atoms with Crippen LogP contribution in [0, 0.1) is 6.92 Å². The lowest BCUT2D eigenvalue weighted by molar-refractivity contribution is -0.0217. The number of sulfonamides is 1. The van der Waals surface area contributed by atoms with E-state index in [0.717, 1.165) is 59.8 Å². The Bertz CT molecular complexity index is 1770. The Morgan fingerprint density at radius 2 is 1.86 bits per heavy atom. The first-order chi connectivity index (χ1) is 24.3. The SMILES string of the molecule is CC[C@@H](C[C@H]1C[C@H](c2ccc(OC)cc2)[C@@H](OCc2ccc3c(c2)N(CCCOC)CCO3)CN1S(=O)(=O)c1ccc(C)cc1)c1nn[nH]n1. The zero-order valence-corrected chi connectivity index (χ0v) is 30.1. The number of nitrogens with one attached hydrogen (secondary N) is 1. The Hall–Kier alpha value is -4.04. The minimum Gasteiger partial charge on any atom is -0.497 e. The third kappa shape index (κ3) is 8.12. The van der Waals surface area contributed by atoms with Crippen LogP contribution in [0.15, 0.2) is 71.6 Å². The smallest absolute Gasteiger partial charge is 0.243 e. The molecule has 1 fully saturated rings. The van der Waals surface area contributed by atoms with Gasteiger partial charge in [-0.05, 0) is 80.1 Å². The standard InChI is InChI=1S/C37H48N6O6S/c1-5-28(37-38-40-41-39-37)22-30-23-33(29-10-12-31(47-4)13-11-29)36(24-43(30)50(44,45)32-14-7-26(2)8-15-32)49-25-27-9-16-35-34(21-27)42(18-20-48-35)17-6-19-46-3/h7-16,21,28,30,33,36H,5-6,17-20,22-25H2,1-4H3,(H,38,39,40,41)/t28-,30-,33+,36-/m0/s1. The number of methoxy groups -OCH3 is 2. The Morgan fingerprint density at radius 1 is 1.06 bits per heavy atom. The number of piperidine rings is 1. The Balaban J connectivity index is 1.32. The van der Waals surface area contributed by atoms with Gasteiger partial charge < -0.3 is 23.8 Å². The summed E-state index contributed by atoms with van der Waals surface area (Å²) in [6.07, 6.45) is 2.34. The van der Waals surface area contributed by atoms with Crippen LogP contribution in [0.1, 0.15) is 67.0 Å². The van der Waals surface area contributed by atoms with Gasteiger partial charge in [0.2, 0.25) is 10.0 Å². The van der Waals surface area contributed by atoms with Crippen LogP contribution < -0.4 is 14.4 Å². The van der Waals surface area contributed by atoms with Crippen molar-refractivity contribution in [2.75, 3.05) is 52.0 Å². The monoisotopic (exact) mass is 704 g/mol. The van der Waals surface area contributed by atoms with Crippen molar-refractivity contribution >= 4 is 15.7 Å². The highest BCUT2D eigenvalue weighted by atomic mass is 32.2. The van der Waals surface area contributed by atoms with E-state index in [-0.39, 0.29) is 29.3 Å². The lowest BCUT2D eigenvalue weighted by Gasteiger charge is -2.44. The molecule has 13 heteroatoms. The van der Waals surface area contributed by atoms with Gasteiger partial charge in [0.1, 0.15) is 18.1 Å². The third-order valence-corrected chi connectivity index (χ3v) is 11.8. The number of hydrogen-bond donors (Lipinski definition) is 1. The highest BCUT2D eigenvalue weighted by molar-refractivity contribution is 7.89. The summed E-state index contributed by atoms with van der Waals surface area (Å²) < 4.78 is 54.2. The molecule has 50 heavy (non-hydrogen) atoms. The van der Waals surface area contributed by atoms with E-state index in [4.69, 9.17) is 18.9 Å². The summed E-state index contributed by atoms with van der Waals surface area (Å²) in [6, 6.07) is 20.9. The van der Waals surface area contributed by atoms with Crippen molar-refractivity contribution in [2.24, 2.45) is 0 Å². The molecule has 0 aliphatic carbocycles. The molecule has 6 rings (SSSR count). The zero-order valence-electron chi connectivity index (χ0n) is 29.3. The van der Waals surface area contributed by atoms with E-state index in [2.05, 4.69) is 50.6 Å². The van der Waals surface area contributed by atoms with Crippen molar-refractivity contribution < 1.29 is 27.4 Å². The predicted molar refractivity (Wildman–Crippen MR) is 190 cm³/mol. The number of rotatable bonds is 15. The number of H-pyrrole nitrogens is 1. The van der Waals surface area contributed by atoms with Crippen molar-refractivity contribution in [3.05, 3.63) is 89.2 Å². The van der Waals surface area contributed by atoms with Gasteiger partial charge in [-0.15, -0.1) is 10.2 Å². The van der Waals surface area contributed by atoms with Crippen molar-refractivity contribution in [3.8, 4) is 11.5 Å². The van der Waals surface area contributed by atoms with Gasteiger partial charge in [0, 0.05) is 44.7 Å². The maximum atomic E-state index is 14.5. The van der Waals surface area contributed by atoms with Crippen LogP contribution in [0.25, 0.3) is 0 Å². The zero-order chi connectivity index (χ0) is 35.1. The molecule has 4 atom stereocenters. The first-order valence-electron chi connectivity index (χ1n) is 17.4. The molecule has 3 aromatic carbocycles. The van der Waals surface area contributed by atoms with Crippen molar-refractivity contribution in [3.63, 3.8) is 0 Å². The second kappa shape index (κ2) is 16.3. The van der Waals surface area contributed by atoms with Crippen LogP contribution in [0.4, 0.5) is 5.69 Å². The quantitative estimate of drug-likeness (QED) is 0.159. The van der Waals surface area contributed by atoms with Crippen LogP contribution in [0.5, 0.6) is 11.5 Å². The second-order valence-corrected chi connectivity index (χ2v) is 15.0. The van der Waals surface area contributed by atoms with E-state index in [9.17, 15) is 8.42 Å². The first kappa shape index (κ1) is 35.8. The van der Waals surface area contributed by atoms with Crippen LogP contribution >= 0.6 is 0 Å². The van der Waals surface area contributed by atoms with Crippen LogP contribution in [-0.4, -0.2) is 92.6 Å². The number of hydrogen-bond acceptors (Lipinski definition) is 10. The van der Waals surface area contributed by atoms with Gasteiger partial charge >= 0.3 is 0 Å². The highest BCUT2D eigenvalue weighted by Gasteiger charge is 2.44. The molecule has 1 aromatic heterocycles. The molecule has 1 saturated heterocycles. The number of tetrazole rings is 1. The molecule has 3 heterocycles. The summed E-state index contributed by atoms with van der Waals surface area (Å²) in [6.45, 7) is 7.53. The molecule has 4 aromatic rings. The fourth-order valence-corrected chi connectivity index (χ4v) is 8.77. The number of ether oxygens (including phenoxy) is 4. The van der Waals surface area contributed by atoms with E-state index in [1.807, 2.05) is 43.3 Å². The first-order valence-corrected chi connectivity index (χ1v) is 18.8. The molecule has 1 N–H and O–H groups in total. The second-order valence-electron chi connectivity index (χ2n) is 13.1. The number of benzene rings is 3. The molecule has 0 unspecified atom stereocenters. The molecule has 2 aliphatic heterocycles. The summed E-state index contributed by atoms with van der Waals surface area (Å²) in [7, 11) is -0.507. The normalized spacial score (nSPS) is 20.2. The molecule has 12 nitrogen and oxygen atoms in total. The highest BCUT2D eigenvalue weighted by Crippen LogP contribution is 2.41. The number of aromatic amines is 1. The molecular formula is C37H48N6O6S. The minimum absolute atomic E-state index is 0.0759. The van der Waals surface area contributed by atoms with Gasteiger partial charge in [-0.3, -0.25) is 0 Å². The van der Waals surface area contributed by atoms with E-state index >= 15 is 0 Å². The Kier molecular flexibility index (Phi) is 11.7. The number of aromatic nitrogens is 4. The summed E-state index contributed by atoms with van der Waals surface area (Å²) >= 11 is 0. The van der Waals surface area contributed by atoms with E-state index in [1.54, 1.807) is 30.7 Å². The van der Waals surface area contributed by atoms with Crippen molar-refractivity contribution in [2.45, 2.75) is 75.0 Å². The van der Waals surface area contributed by atoms with Gasteiger partial charge in [-0.1, -0.05) is 48.0 Å². The average molecular weight is 705 g/mol. The number of anilines is 1. The van der Waals surface area contributed by atoms with E-state index < -0.39 is 16.1 Å². The molecule has 0 bridgehead atoms. The lowest BCUT2D eigenvalue weighted by Crippen LogP contribution is -2.52. The molecule has 268 valence electrons. The van der Waals surface area contributed by atoms with Crippen LogP contribution in [-0.2, 0) is 26.1 Å². The van der Waals surface area contributed by atoms with Gasteiger partial charge in [-0.2, -0.15) is 9.52 Å². The van der Waals surface area contributed by atoms with Gasteiger partial charge in [0.15, 0.2) is 5.82 Å². The fourth-order valence-electron chi connectivity index (χ4n) is 7.11. The number of nitrogens with zero attached hydrogens (tertiary/aromatic N) is 5. The third-order valence-electron chi connectivity index (χ3n) is 9.91. The average Bonchev–Trinajstić information content (AvgIpc) is 3.68. The predicted octanol–water partition coefficient (Wildman–Crippen LogP) is 5.47. The number of aryl methyl sites for hydroxylation is 1. The maximum Gasteiger partial charge on any atom is 0.243 e. The molecule has 0 saturated carbocycles. The summed E-state index contributed by atoms with van der Waals surface area (Å²) in [4.78, 5) is 2.60. The van der Waals surface area contributed by atoms with Crippen molar-refractivity contribution in [1.29, 1.82) is 0 Å². The van der Waals surface area contributed by atoms with E-state index in [1.165, 1.54) is 0 Å². The molecule has 0 radical (unpaired) electrons. The fraction of sp³-hybridized carbons (Fsp3) is 0.486. The Labute approximate surface area is 295 Å². The Morgan fingerprint density at radius 3 is 2.56 bits per heavy atom. The molecule has 0 amide bonds. The lowest BCUT2D eigenvalue weighted by atomic mass is 9.81. The van der Waals surface area contributed by atoms with E-state index in [0.29, 0.717) is 38.5 Å². The van der Waals surface area contributed by atoms with Gasteiger partial charge in [0.05, 0.1) is 36.9 Å². The van der Waals surface area contributed by atoms with Crippen LogP contribution in [0.3, 0.4) is 0 Å². The summed E-state index contributed by atoms with van der Waals surface area (Å²) in [5, 5.41) is 14.9. The maximum absolute atomic E-state index is 14.5. The van der Waals surface area contributed by atoms with Gasteiger partial charge in [0.25, 0.3) is 0 Å². The molecular weight excluding hydrogens is 657 g/mol. The largest absolute Gasteiger partial charge is 0.497 e. The number of fused-ring (bicyclic) bond motifs is 1. The minimum atomic E-state index is -3.88. The molecule has 2 aliphatic rings. The summed E-state index contributed by atoms with van der Waals surface area (Å²) in [5.41, 5.74) is 4.11. The van der Waals surface area contributed by atoms with Crippen LogP contribution in [0.2, 0.25) is 0 Å². The van der Waals surface area contributed by atoms with Gasteiger partial charge in [-0.25, -0.2) is 8.42 Å². The summed E-state index contributed by atoms with van der Waals surface area (Å²) in [5.74, 6) is 2.05. The topological polar surface area (TPSA) is 132 Å². The van der Waals surface area contributed by atoms with Crippen molar-refractivity contribution in [1.82, 2.24) is 24.9 Å². The molecule has 0 spiro atoms.